The molecule has 2 nitrogen and oxygen atoms in total. The molecule has 0 aromatic heterocycles. The van der Waals surface area contributed by atoms with Crippen LogP contribution in [-0.2, 0) is 10.5 Å². The van der Waals surface area contributed by atoms with E-state index in [1.807, 2.05) is 18.2 Å². The largest absolute Gasteiger partial charge is 0.491 e. The highest BCUT2D eigenvalue weighted by Crippen LogP contribution is 2.32. The molecule has 0 bridgehead atoms. The zero-order valence-corrected chi connectivity index (χ0v) is 11.4. The Bertz CT molecular complexity index is 501. The van der Waals surface area contributed by atoms with Gasteiger partial charge in [0.2, 0.25) is 0 Å². The Balaban J connectivity index is 2.21. The molecule has 1 radical (unpaired) electrons. The Hall–Kier alpha value is -1.80. The molecular formula is C17H19O2. The lowest BCUT2D eigenvalue weighted by atomic mass is 9.78. The maximum absolute atomic E-state index is 10.4. The standard InChI is InChI=1S/C17H19O2/c1-17(2,14-6-4-3-5-7-14)15-8-10-16(11-9-15)19-13-12-18/h3-11H,12-13H2,1-2H3. The third-order valence-electron chi connectivity index (χ3n) is 3.42. The fraction of sp³-hybridized carbons (Fsp3) is 0.294. The molecule has 0 amide bonds. The van der Waals surface area contributed by atoms with Crippen LogP contribution >= 0.6 is 0 Å². The molecule has 2 heteroatoms. The molecule has 99 valence electrons. The minimum Gasteiger partial charge on any atom is -0.491 e. The quantitative estimate of drug-likeness (QED) is 0.798. The second-order valence-electron chi connectivity index (χ2n) is 5.07. The Morgan fingerprint density at radius 3 is 2.05 bits per heavy atom. The van der Waals surface area contributed by atoms with Crippen molar-refractivity contribution in [3.63, 3.8) is 0 Å². The topological polar surface area (TPSA) is 29.1 Å². The summed E-state index contributed by atoms with van der Waals surface area (Å²) in [5.74, 6) is 0.753. The summed E-state index contributed by atoms with van der Waals surface area (Å²) < 4.78 is 5.32. The lowest BCUT2D eigenvalue weighted by Gasteiger charge is -2.26. The van der Waals surface area contributed by atoms with Gasteiger partial charge in [0.05, 0.1) is 0 Å². The number of hydrogen-bond donors (Lipinski definition) is 0. The van der Waals surface area contributed by atoms with Gasteiger partial charge in [0.1, 0.15) is 19.0 Å². The van der Waals surface area contributed by atoms with E-state index in [1.54, 1.807) is 0 Å². The molecule has 0 aliphatic heterocycles. The van der Waals surface area contributed by atoms with E-state index in [0.717, 1.165) is 5.75 Å². The van der Waals surface area contributed by atoms with Crippen LogP contribution in [0.5, 0.6) is 5.75 Å². The summed E-state index contributed by atoms with van der Waals surface area (Å²) in [4.78, 5) is 0. The molecule has 0 atom stereocenters. The predicted octanol–water partition coefficient (Wildman–Crippen LogP) is 3.82. The molecule has 0 unspecified atom stereocenters. The van der Waals surface area contributed by atoms with Crippen molar-refractivity contribution >= 4 is 0 Å². The lowest BCUT2D eigenvalue weighted by molar-refractivity contribution is 0.138. The van der Waals surface area contributed by atoms with Gasteiger partial charge in [-0.05, 0) is 23.3 Å². The molecule has 0 saturated carbocycles. The van der Waals surface area contributed by atoms with Crippen molar-refractivity contribution in [2.75, 3.05) is 13.2 Å². The van der Waals surface area contributed by atoms with Crippen molar-refractivity contribution in [1.29, 1.82) is 0 Å². The first kappa shape index (κ1) is 13.6. The summed E-state index contributed by atoms with van der Waals surface area (Å²) in [6.45, 7) is 4.42. The van der Waals surface area contributed by atoms with Crippen molar-refractivity contribution < 1.29 is 9.84 Å². The van der Waals surface area contributed by atoms with E-state index in [2.05, 4.69) is 50.2 Å². The van der Waals surface area contributed by atoms with Crippen LogP contribution < -0.4 is 4.74 Å². The summed E-state index contributed by atoms with van der Waals surface area (Å²) in [7, 11) is 0. The van der Waals surface area contributed by atoms with Crippen LogP contribution in [0, 0.1) is 0 Å². The number of ether oxygens (including phenoxy) is 1. The first-order valence-corrected chi connectivity index (χ1v) is 6.51. The zero-order valence-electron chi connectivity index (χ0n) is 11.4. The van der Waals surface area contributed by atoms with Gasteiger partial charge in [0, 0.05) is 5.41 Å². The van der Waals surface area contributed by atoms with Gasteiger partial charge in [0.25, 0.3) is 0 Å². The van der Waals surface area contributed by atoms with Gasteiger partial charge < -0.3 is 4.74 Å². The minimum atomic E-state index is -0.211. The van der Waals surface area contributed by atoms with Crippen molar-refractivity contribution in [2.24, 2.45) is 0 Å². The third kappa shape index (κ3) is 3.15. The predicted molar refractivity (Wildman–Crippen MR) is 76.1 cm³/mol. The minimum absolute atomic E-state index is 0.0433. The van der Waals surface area contributed by atoms with Crippen molar-refractivity contribution in [3.05, 3.63) is 65.7 Å². The van der Waals surface area contributed by atoms with E-state index in [4.69, 9.17) is 4.74 Å². The van der Waals surface area contributed by atoms with Gasteiger partial charge in [-0.3, -0.25) is 0 Å². The maximum atomic E-state index is 10.4. The van der Waals surface area contributed by atoms with E-state index < -0.39 is 0 Å². The van der Waals surface area contributed by atoms with E-state index >= 15 is 0 Å². The monoisotopic (exact) mass is 255 g/mol. The molecule has 0 aliphatic rings. The van der Waals surface area contributed by atoms with Crippen LogP contribution in [0.2, 0.25) is 0 Å². The van der Waals surface area contributed by atoms with Crippen LogP contribution in [0.4, 0.5) is 0 Å². The summed E-state index contributed by atoms with van der Waals surface area (Å²) in [5.41, 5.74) is 2.47. The second kappa shape index (κ2) is 5.89. The van der Waals surface area contributed by atoms with Gasteiger partial charge in [-0.1, -0.05) is 56.3 Å². The average Bonchev–Trinajstić information content (AvgIpc) is 2.46. The SMILES string of the molecule is CC(C)(c1ccccc1)c1ccc(OCC[O])cc1. The number of benzene rings is 2. The maximum Gasteiger partial charge on any atom is 0.119 e. The highest BCUT2D eigenvalue weighted by molar-refractivity contribution is 5.39. The van der Waals surface area contributed by atoms with Crippen molar-refractivity contribution in [2.45, 2.75) is 19.3 Å². The number of rotatable bonds is 5. The molecular weight excluding hydrogens is 236 g/mol. The van der Waals surface area contributed by atoms with E-state index in [-0.39, 0.29) is 18.6 Å². The summed E-state index contributed by atoms with van der Waals surface area (Å²) in [6, 6.07) is 18.4. The molecule has 0 aliphatic carbocycles. The van der Waals surface area contributed by atoms with Gasteiger partial charge in [0.15, 0.2) is 0 Å². The molecule has 0 heterocycles. The molecule has 19 heavy (non-hydrogen) atoms. The van der Waals surface area contributed by atoms with Gasteiger partial charge in [-0.2, -0.15) is 0 Å². The van der Waals surface area contributed by atoms with Crippen LogP contribution in [-0.4, -0.2) is 13.2 Å². The molecule has 0 fully saturated rings. The highest BCUT2D eigenvalue weighted by Gasteiger charge is 2.22. The van der Waals surface area contributed by atoms with Crippen LogP contribution in [0.3, 0.4) is 0 Å². The summed E-state index contributed by atoms with van der Waals surface area (Å²) in [6.07, 6.45) is 0. The summed E-state index contributed by atoms with van der Waals surface area (Å²) >= 11 is 0. The molecule has 0 spiro atoms. The number of hydrogen-bond acceptors (Lipinski definition) is 1. The van der Waals surface area contributed by atoms with E-state index in [9.17, 15) is 5.11 Å². The van der Waals surface area contributed by atoms with Gasteiger partial charge in [-0.25, -0.2) is 5.11 Å². The third-order valence-corrected chi connectivity index (χ3v) is 3.42. The molecule has 2 aromatic rings. The van der Waals surface area contributed by atoms with Crippen molar-refractivity contribution in [1.82, 2.24) is 0 Å². The second-order valence-corrected chi connectivity index (χ2v) is 5.07. The summed E-state index contributed by atoms with van der Waals surface area (Å²) in [5, 5.41) is 10.4. The van der Waals surface area contributed by atoms with Gasteiger partial charge in [-0.15, -0.1) is 0 Å². The van der Waals surface area contributed by atoms with E-state index in [0.29, 0.717) is 0 Å². The normalized spacial score (nSPS) is 11.3. The average molecular weight is 255 g/mol. The molecule has 0 N–H and O–H groups in total. The Morgan fingerprint density at radius 2 is 1.47 bits per heavy atom. The molecule has 2 rings (SSSR count). The molecule has 0 saturated heterocycles. The first-order chi connectivity index (χ1) is 9.14. The molecule has 2 aromatic carbocycles. The fourth-order valence-corrected chi connectivity index (χ4v) is 2.15. The lowest BCUT2D eigenvalue weighted by Crippen LogP contribution is -2.18. The highest BCUT2D eigenvalue weighted by atomic mass is 16.5. The Morgan fingerprint density at radius 1 is 0.895 bits per heavy atom. The van der Waals surface area contributed by atoms with Crippen LogP contribution in [0.1, 0.15) is 25.0 Å². The van der Waals surface area contributed by atoms with Crippen LogP contribution in [0.15, 0.2) is 54.6 Å². The Kier molecular flexibility index (Phi) is 4.23. The fourth-order valence-electron chi connectivity index (χ4n) is 2.15. The smallest absolute Gasteiger partial charge is 0.119 e. The van der Waals surface area contributed by atoms with Crippen molar-refractivity contribution in [3.8, 4) is 5.75 Å². The Labute approximate surface area is 114 Å². The van der Waals surface area contributed by atoms with Crippen LogP contribution in [0.25, 0.3) is 0 Å². The van der Waals surface area contributed by atoms with E-state index in [1.165, 1.54) is 11.1 Å². The first-order valence-electron chi connectivity index (χ1n) is 6.51. The van der Waals surface area contributed by atoms with Gasteiger partial charge >= 0.3 is 0 Å². The zero-order chi connectivity index (χ0) is 13.7.